The molecule has 5 heteroatoms. The summed E-state index contributed by atoms with van der Waals surface area (Å²) in [4.78, 5) is 0. The maximum atomic E-state index is 8.83. The van der Waals surface area contributed by atoms with Crippen molar-refractivity contribution < 1.29 is 10.2 Å². The second-order valence-corrected chi connectivity index (χ2v) is 3.43. The topological polar surface area (TPSA) is 64.5 Å². The summed E-state index contributed by atoms with van der Waals surface area (Å²) in [5.74, 6) is 0. The predicted octanol–water partition coefficient (Wildman–Crippen LogP) is 0.326. The van der Waals surface area contributed by atoms with Crippen LogP contribution in [-0.4, -0.2) is 34.6 Å². The normalized spacial score (nSPS) is 10.1. The zero-order valence-corrected chi connectivity index (χ0v) is 9.00. The Hall–Kier alpha value is -1.17. The van der Waals surface area contributed by atoms with Gasteiger partial charge in [-0.15, -0.1) is 0 Å². The van der Waals surface area contributed by atoms with Crippen LogP contribution in [0.5, 0.6) is 0 Å². The highest BCUT2D eigenvalue weighted by molar-refractivity contribution is 7.80. The summed E-state index contributed by atoms with van der Waals surface area (Å²) in [5, 5.41) is 23.8. The Morgan fingerprint density at radius 2 is 1.80 bits per heavy atom. The summed E-state index contributed by atoms with van der Waals surface area (Å²) in [6.45, 7) is -0.319. The van der Waals surface area contributed by atoms with E-state index in [2.05, 4.69) is 10.6 Å². The lowest BCUT2D eigenvalue weighted by Crippen LogP contribution is -2.42. The Morgan fingerprint density at radius 3 is 2.33 bits per heavy atom. The van der Waals surface area contributed by atoms with E-state index in [1.165, 1.54) is 0 Å². The van der Waals surface area contributed by atoms with Crippen LogP contribution in [0.3, 0.4) is 0 Å². The third-order valence-corrected chi connectivity index (χ3v) is 2.03. The van der Waals surface area contributed by atoms with Gasteiger partial charge in [-0.05, 0) is 24.4 Å². The number of hydrogen-bond acceptors (Lipinski definition) is 3. The van der Waals surface area contributed by atoms with Gasteiger partial charge in [0.15, 0.2) is 5.11 Å². The van der Waals surface area contributed by atoms with Crippen molar-refractivity contribution in [3.63, 3.8) is 0 Å². The van der Waals surface area contributed by atoms with Crippen LogP contribution in [0, 0.1) is 0 Å². The van der Waals surface area contributed by atoms with Crippen molar-refractivity contribution in [2.45, 2.75) is 6.04 Å². The third kappa shape index (κ3) is 4.24. The van der Waals surface area contributed by atoms with E-state index in [0.29, 0.717) is 5.11 Å². The minimum absolute atomic E-state index is 0.160. The number of para-hydroxylation sites is 1. The molecule has 4 nitrogen and oxygen atoms in total. The molecule has 0 saturated carbocycles. The van der Waals surface area contributed by atoms with E-state index >= 15 is 0 Å². The maximum absolute atomic E-state index is 8.83. The van der Waals surface area contributed by atoms with Crippen molar-refractivity contribution in [3.05, 3.63) is 30.3 Å². The first kappa shape index (κ1) is 11.9. The fourth-order valence-electron chi connectivity index (χ4n) is 1.02. The highest BCUT2D eigenvalue weighted by Crippen LogP contribution is 2.04. The van der Waals surface area contributed by atoms with Gasteiger partial charge in [0.1, 0.15) is 0 Å². The molecule has 0 unspecified atom stereocenters. The number of thiocarbonyl (C=S) groups is 1. The van der Waals surface area contributed by atoms with Crippen LogP contribution in [0.1, 0.15) is 0 Å². The van der Waals surface area contributed by atoms with Crippen molar-refractivity contribution in [3.8, 4) is 0 Å². The second-order valence-electron chi connectivity index (χ2n) is 3.03. The van der Waals surface area contributed by atoms with Crippen LogP contribution in [-0.2, 0) is 0 Å². The molecule has 82 valence electrons. The van der Waals surface area contributed by atoms with Gasteiger partial charge in [-0.3, -0.25) is 0 Å². The Morgan fingerprint density at radius 1 is 1.20 bits per heavy atom. The van der Waals surface area contributed by atoms with Gasteiger partial charge in [0.2, 0.25) is 0 Å². The van der Waals surface area contributed by atoms with Crippen molar-refractivity contribution in [1.82, 2.24) is 5.32 Å². The fourth-order valence-corrected chi connectivity index (χ4v) is 1.31. The molecular formula is C10H14N2O2S. The number of benzene rings is 1. The van der Waals surface area contributed by atoms with Crippen molar-refractivity contribution in [2.75, 3.05) is 18.5 Å². The number of nitrogens with one attached hydrogen (secondary N) is 2. The van der Waals surface area contributed by atoms with Crippen molar-refractivity contribution >= 4 is 23.0 Å². The minimum Gasteiger partial charge on any atom is -0.394 e. The average Bonchev–Trinajstić information content (AvgIpc) is 2.27. The lowest BCUT2D eigenvalue weighted by Gasteiger charge is -2.16. The molecule has 0 heterocycles. The van der Waals surface area contributed by atoms with Gasteiger partial charge in [0.25, 0.3) is 0 Å². The van der Waals surface area contributed by atoms with Crippen LogP contribution in [0.25, 0.3) is 0 Å². The Labute approximate surface area is 93.9 Å². The quantitative estimate of drug-likeness (QED) is 0.557. The molecule has 15 heavy (non-hydrogen) atoms. The first-order valence-corrected chi connectivity index (χ1v) is 5.01. The predicted molar refractivity (Wildman–Crippen MR) is 63.8 cm³/mol. The number of rotatable bonds is 4. The zero-order chi connectivity index (χ0) is 11.1. The van der Waals surface area contributed by atoms with E-state index in [1.807, 2.05) is 30.3 Å². The monoisotopic (exact) mass is 226 g/mol. The molecule has 0 spiro atoms. The number of aliphatic hydroxyl groups is 2. The molecular weight excluding hydrogens is 212 g/mol. The molecule has 0 aromatic heterocycles. The van der Waals surface area contributed by atoms with Crippen molar-refractivity contribution in [2.24, 2.45) is 0 Å². The van der Waals surface area contributed by atoms with Gasteiger partial charge in [0, 0.05) is 5.69 Å². The van der Waals surface area contributed by atoms with Crippen LogP contribution in [0.15, 0.2) is 30.3 Å². The molecule has 0 fully saturated rings. The van der Waals surface area contributed by atoms with E-state index in [4.69, 9.17) is 22.4 Å². The summed E-state index contributed by atoms with van der Waals surface area (Å²) in [5.41, 5.74) is 0.865. The molecule has 1 aromatic carbocycles. The molecule has 0 saturated heterocycles. The molecule has 1 rings (SSSR count). The van der Waals surface area contributed by atoms with Gasteiger partial charge < -0.3 is 20.8 Å². The highest BCUT2D eigenvalue weighted by Gasteiger charge is 2.06. The van der Waals surface area contributed by atoms with Gasteiger partial charge in [-0.25, -0.2) is 0 Å². The van der Waals surface area contributed by atoms with Gasteiger partial charge in [-0.1, -0.05) is 18.2 Å². The summed E-state index contributed by atoms with van der Waals surface area (Å²) in [7, 11) is 0. The standard InChI is InChI=1S/C10H14N2O2S/c13-6-9(7-14)12-10(15)11-8-4-2-1-3-5-8/h1-5,9,13-14H,6-7H2,(H2,11,12,15). The molecule has 4 N–H and O–H groups in total. The summed E-state index contributed by atoms with van der Waals surface area (Å²) in [6.07, 6.45) is 0. The summed E-state index contributed by atoms with van der Waals surface area (Å²) < 4.78 is 0. The Kier molecular flexibility index (Phi) is 5.03. The van der Waals surface area contributed by atoms with Gasteiger partial charge in [0.05, 0.1) is 19.3 Å². The smallest absolute Gasteiger partial charge is 0.171 e. The van der Waals surface area contributed by atoms with Crippen LogP contribution in [0.4, 0.5) is 5.69 Å². The Bertz CT molecular complexity index is 302. The van der Waals surface area contributed by atoms with Crippen LogP contribution < -0.4 is 10.6 Å². The zero-order valence-electron chi connectivity index (χ0n) is 8.18. The van der Waals surface area contributed by atoms with E-state index in [9.17, 15) is 0 Å². The van der Waals surface area contributed by atoms with Crippen LogP contribution >= 0.6 is 12.2 Å². The number of hydrogen-bond donors (Lipinski definition) is 4. The van der Waals surface area contributed by atoms with Gasteiger partial charge in [-0.2, -0.15) is 0 Å². The first-order valence-electron chi connectivity index (χ1n) is 4.60. The van der Waals surface area contributed by atoms with Gasteiger partial charge >= 0.3 is 0 Å². The molecule has 1 aromatic rings. The molecule has 0 amide bonds. The molecule has 0 bridgehead atoms. The minimum atomic E-state index is -0.422. The highest BCUT2D eigenvalue weighted by atomic mass is 32.1. The summed E-state index contributed by atoms with van der Waals surface area (Å²) >= 11 is 5.00. The Balaban J connectivity index is 2.43. The van der Waals surface area contributed by atoms with E-state index < -0.39 is 6.04 Å². The van der Waals surface area contributed by atoms with E-state index in [0.717, 1.165) is 5.69 Å². The second kappa shape index (κ2) is 6.34. The maximum Gasteiger partial charge on any atom is 0.171 e. The summed E-state index contributed by atoms with van der Waals surface area (Å²) in [6, 6.07) is 9.02. The van der Waals surface area contributed by atoms with E-state index in [1.54, 1.807) is 0 Å². The SMILES string of the molecule is OCC(CO)NC(=S)Nc1ccccc1. The van der Waals surface area contributed by atoms with E-state index in [-0.39, 0.29) is 13.2 Å². The molecule has 0 aliphatic heterocycles. The molecule has 0 aliphatic rings. The number of anilines is 1. The molecule has 0 aliphatic carbocycles. The first-order chi connectivity index (χ1) is 7.26. The lowest BCUT2D eigenvalue weighted by atomic mass is 10.3. The average molecular weight is 226 g/mol. The number of aliphatic hydroxyl groups excluding tert-OH is 2. The molecule has 0 radical (unpaired) electrons. The van der Waals surface area contributed by atoms with Crippen molar-refractivity contribution in [1.29, 1.82) is 0 Å². The fraction of sp³-hybridized carbons (Fsp3) is 0.300. The largest absolute Gasteiger partial charge is 0.394 e. The molecule has 0 atom stereocenters. The lowest BCUT2D eigenvalue weighted by molar-refractivity contribution is 0.184. The van der Waals surface area contributed by atoms with Crippen LogP contribution in [0.2, 0.25) is 0 Å². The third-order valence-electron chi connectivity index (χ3n) is 1.81.